The van der Waals surface area contributed by atoms with Crippen molar-refractivity contribution in [2.45, 2.75) is 39.0 Å². The zero-order chi connectivity index (χ0) is 13.4. The van der Waals surface area contributed by atoms with Gasteiger partial charge < -0.3 is 4.98 Å². The van der Waals surface area contributed by atoms with E-state index in [1.165, 1.54) is 18.4 Å². The molecular weight excluding hydrogens is 236 g/mol. The molecule has 2 aromatic rings. The molecule has 19 heavy (non-hydrogen) atoms. The van der Waals surface area contributed by atoms with Gasteiger partial charge in [-0.3, -0.25) is 4.79 Å². The minimum atomic E-state index is -0.0209. The minimum Gasteiger partial charge on any atom is -0.306 e. The summed E-state index contributed by atoms with van der Waals surface area (Å²) in [5.41, 5.74) is 4.00. The Balaban J connectivity index is 2.17. The molecular formula is C16H18N2O. The predicted molar refractivity (Wildman–Crippen MR) is 76.4 cm³/mol. The van der Waals surface area contributed by atoms with E-state index in [0.29, 0.717) is 5.92 Å². The van der Waals surface area contributed by atoms with Gasteiger partial charge in [-0.05, 0) is 37.7 Å². The number of aromatic amines is 1. The molecule has 1 aromatic carbocycles. The van der Waals surface area contributed by atoms with Gasteiger partial charge in [-0.2, -0.15) is 0 Å². The van der Waals surface area contributed by atoms with Crippen LogP contribution in [0.3, 0.4) is 0 Å². The third-order valence-corrected chi connectivity index (χ3v) is 3.82. The summed E-state index contributed by atoms with van der Waals surface area (Å²) < 4.78 is 0. The molecule has 0 atom stereocenters. The Kier molecular flexibility index (Phi) is 2.97. The molecule has 0 radical (unpaired) electrons. The van der Waals surface area contributed by atoms with Gasteiger partial charge in [0.1, 0.15) is 5.82 Å². The number of hydrogen-bond acceptors (Lipinski definition) is 2. The smallest absolute Gasteiger partial charge is 0.254 e. The lowest BCUT2D eigenvalue weighted by atomic mass is 10.0. The Bertz CT molecular complexity index is 669. The Morgan fingerprint density at radius 3 is 2.74 bits per heavy atom. The predicted octanol–water partition coefficient (Wildman–Crippen LogP) is 3.19. The van der Waals surface area contributed by atoms with Crippen molar-refractivity contribution in [2.75, 3.05) is 0 Å². The van der Waals surface area contributed by atoms with Crippen LogP contribution < -0.4 is 5.56 Å². The van der Waals surface area contributed by atoms with E-state index in [9.17, 15) is 4.79 Å². The first kappa shape index (κ1) is 12.2. The van der Waals surface area contributed by atoms with E-state index in [2.05, 4.69) is 28.2 Å². The summed E-state index contributed by atoms with van der Waals surface area (Å²) >= 11 is 0. The molecule has 1 saturated carbocycles. The molecule has 98 valence electrons. The number of aryl methyl sites for hydroxylation is 1. The second-order valence-corrected chi connectivity index (χ2v) is 5.20. The zero-order valence-corrected chi connectivity index (χ0v) is 11.4. The SMILES string of the molecule is CCc1nc(-c2ccccc2C2CC2)[nH]c(=O)c1C. The standard InChI is InChI=1S/C16H18N2O/c1-3-14-10(2)16(19)18-15(17-14)13-7-5-4-6-12(13)11-8-9-11/h4-7,11H,3,8-9H2,1-2H3,(H,17,18,19). The number of rotatable bonds is 3. The van der Waals surface area contributed by atoms with Crippen molar-refractivity contribution in [3.8, 4) is 11.4 Å². The number of aromatic nitrogens is 2. The maximum absolute atomic E-state index is 12.0. The van der Waals surface area contributed by atoms with Crippen LogP contribution in [0.2, 0.25) is 0 Å². The quantitative estimate of drug-likeness (QED) is 0.914. The minimum absolute atomic E-state index is 0.0209. The molecule has 0 aliphatic heterocycles. The third kappa shape index (κ3) is 2.21. The van der Waals surface area contributed by atoms with E-state index in [1.807, 2.05) is 19.9 Å². The Morgan fingerprint density at radius 1 is 1.32 bits per heavy atom. The first-order valence-corrected chi connectivity index (χ1v) is 6.89. The molecule has 0 spiro atoms. The third-order valence-electron chi connectivity index (χ3n) is 3.82. The van der Waals surface area contributed by atoms with Gasteiger partial charge >= 0.3 is 0 Å². The highest BCUT2D eigenvalue weighted by Gasteiger charge is 2.26. The van der Waals surface area contributed by atoms with Crippen molar-refractivity contribution in [1.82, 2.24) is 9.97 Å². The molecule has 1 aromatic heterocycles. The molecule has 3 nitrogen and oxygen atoms in total. The van der Waals surface area contributed by atoms with Crippen molar-refractivity contribution in [3.05, 3.63) is 51.4 Å². The van der Waals surface area contributed by atoms with Gasteiger partial charge in [0, 0.05) is 11.1 Å². The fourth-order valence-electron chi connectivity index (χ4n) is 2.51. The highest BCUT2D eigenvalue weighted by molar-refractivity contribution is 5.62. The van der Waals surface area contributed by atoms with Crippen LogP contribution in [0.5, 0.6) is 0 Å². The molecule has 1 fully saturated rings. The molecule has 3 heteroatoms. The maximum atomic E-state index is 12.0. The zero-order valence-electron chi connectivity index (χ0n) is 11.4. The van der Waals surface area contributed by atoms with Gasteiger partial charge in [0.05, 0.1) is 5.69 Å². The summed E-state index contributed by atoms with van der Waals surface area (Å²) in [5, 5.41) is 0. The summed E-state index contributed by atoms with van der Waals surface area (Å²) in [5.74, 6) is 1.36. The number of nitrogens with one attached hydrogen (secondary N) is 1. The second kappa shape index (κ2) is 4.65. The van der Waals surface area contributed by atoms with E-state index >= 15 is 0 Å². The Labute approximate surface area is 112 Å². The first-order valence-electron chi connectivity index (χ1n) is 6.89. The molecule has 0 unspecified atom stereocenters. The lowest BCUT2D eigenvalue weighted by molar-refractivity contribution is 0.950. The fraction of sp³-hybridized carbons (Fsp3) is 0.375. The fourth-order valence-corrected chi connectivity index (χ4v) is 2.51. The summed E-state index contributed by atoms with van der Waals surface area (Å²) in [6.07, 6.45) is 3.27. The number of benzene rings is 1. The summed E-state index contributed by atoms with van der Waals surface area (Å²) in [6.45, 7) is 3.87. The number of H-pyrrole nitrogens is 1. The average Bonchev–Trinajstić information content (AvgIpc) is 3.26. The first-order chi connectivity index (χ1) is 9.20. The van der Waals surface area contributed by atoms with E-state index in [1.54, 1.807) is 0 Å². The molecule has 0 bridgehead atoms. The van der Waals surface area contributed by atoms with Gasteiger partial charge in [-0.15, -0.1) is 0 Å². The van der Waals surface area contributed by atoms with Crippen molar-refractivity contribution in [2.24, 2.45) is 0 Å². The van der Waals surface area contributed by atoms with Gasteiger partial charge in [0.2, 0.25) is 0 Å². The van der Waals surface area contributed by atoms with Crippen LogP contribution in [-0.4, -0.2) is 9.97 Å². The van der Waals surface area contributed by atoms with Crippen LogP contribution in [0.25, 0.3) is 11.4 Å². The molecule has 3 rings (SSSR count). The lowest BCUT2D eigenvalue weighted by Gasteiger charge is -2.10. The topological polar surface area (TPSA) is 45.8 Å². The number of nitrogens with zero attached hydrogens (tertiary/aromatic N) is 1. The molecule has 1 heterocycles. The average molecular weight is 254 g/mol. The van der Waals surface area contributed by atoms with Crippen molar-refractivity contribution >= 4 is 0 Å². The largest absolute Gasteiger partial charge is 0.306 e. The summed E-state index contributed by atoms with van der Waals surface area (Å²) in [4.78, 5) is 19.6. The molecule has 1 N–H and O–H groups in total. The van der Waals surface area contributed by atoms with Crippen molar-refractivity contribution < 1.29 is 0 Å². The summed E-state index contributed by atoms with van der Waals surface area (Å²) in [6, 6.07) is 8.27. The monoisotopic (exact) mass is 254 g/mol. The number of hydrogen-bond donors (Lipinski definition) is 1. The Hall–Kier alpha value is -1.90. The van der Waals surface area contributed by atoms with Crippen molar-refractivity contribution in [1.29, 1.82) is 0 Å². The van der Waals surface area contributed by atoms with Gasteiger partial charge in [0.25, 0.3) is 5.56 Å². The highest BCUT2D eigenvalue weighted by atomic mass is 16.1. The summed E-state index contributed by atoms with van der Waals surface area (Å²) in [7, 11) is 0. The van der Waals surface area contributed by atoms with Crippen molar-refractivity contribution in [3.63, 3.8) is 0 Å². The lowest BCUT2D eigenvalue weighted by Crippen LogP contribution is -2.16. The van der Waals surface area contributed by atoms with E-state index in [4.69, 9.17) is 0 Å². The van der Waals surface area contributed by atoms with Crippen LogP contribution in [0.4, 0.5) is 0 Å². The van der Waals surface area contributed by atoms with E-state index < -0.39 is 0 Å². The maximum Gasteiger partial charge on any atom is 0.254 e. The normalized spacial score (nSPS) is 14.6. The molecule has 1 aliphatic carbocycles. The van der Waals surface area contributed by atoms with Crippen LogP contribution in [0.1, 0.15) is 42.5 Å². The second-order valence-electron chi connectivity index (χ2n) is 5.20. The van der Waals surface area contributed by atoms with Crippen LogP contribution in [-0.2, 0) is 6.42 Å². The van der Waals surface area contributed by atoms with Crippen LogP contribution in [0, 0.1) is 6.92 Å². The van der Waals surface area contributed by atoms with Gasteiger partial charge in [0.15, 0.2) is 0 Å². The van der Waals surface area contributed by atoms with E-state index in [0.717, 1.165) is 29.1 Å². The molecule has 1 aliphatic rings. The highest BCUT2D eigenvalue weighted by Crippen LogP contribution is 2.43. The Morgan fingerprint density at radius 2 is 2.05 bits per heavy atom. The van der Waals surface area contributed by atoms with Crippen LogP contribution >= 0.6 is 0 Å². The van der Waals surface area contributed by atoms with Crippen LogP contribution in [0.15, 0.2) is 29.1 Å². The van der Waals surface area contributed by atoms with E-state index in [-0.39, 0.29) is 5.56 Å². The van der Waals surface area contributed by atoms with Gasteiger partial charge in [-0.1, -0.05) is 31.2 Å². The molecule has 0 saturated heterocycles. The molecule has 0 amide bonds. The van der Waals surface area contributed by atoms with Gasteiger partial charge in [-0.25, -0.2) is 4.98 Å².